The predicted octanol–water partition coefficient (Wildman–Crippen LogP) is 1.15. The van der Waals surface area contributed by atoms with Gasteiger partial charge >= 0.3 is 0 Å². The molecule has 2 rings (SSSR count). The van der Waals surface area contributed by atoms with E-state index < -0.39 is 10.0 Å². The van der Waals surface area contributed by atoms with E-state index in [0.717, 1.165) is 19.3 Å². The molecule has 0 bridgehead atoms. The molecule has 0 unspecified atom stereocenters. The number of nitrogens with one attached hydrogen (secondary N) is 1. The molecule has 0 aromatic carbocycles. The summed E-state index contributed by atoms with van der Waals surface area (Å²) < 4.78 is 25.8. The fraction of sp³-hybridized carbons (Fsp3) is 0.700. The Labute approximate surface area is 95.9 Å². The van der Waals surface area contributed by atoms with E-state index in [1.54, 1.807) is 7.05 Å². The molecule has 1 fully saturated rings. The van der Waals surface area contributed by atoms with E-state index in [9.17, 15) is 8.42 Å². The molecular weight excluding hydrogens is 226 g/mol. The van der Waals surface area contributed by atoms with E-state index in [4.69, 9.17) is 0 Å². The van der Waals surface area contributed by atoms with Gasteiger partial charge in [-0.05, 0) is 12.8 Å². The summed E-state index contributed by atoms with van der Waals surface area (Å²) in [6.45, 7) is 1.94. The van der Waals surface area contributed by atoms with Gasteiger partial charge in [0.05, 0.1) is 6.20 Å². The molecule has 90 valence electrons. The minimum absolute atomic E-state index is 0.165. The first-order valence-corrected chi connectivity index (χ1v) is 7.01. The van der Waals surface area contributed by atoms with Gasteiger partial charge in [-0.1, -0.05) is 13.3 Å². The molecule has 0 spiro atoms. The summed E-state index contributed by atoms with van der Waals surface area (Å²) in [5, 5.41) is 0.207. The highest BCUT2D eigenvalue weighted by atomic mass is 32.2. The second-order valence-electron chi connectivity index (χ2n) is 4.15. The molecule has 0 atom stereocenters. The van der Waals surface area contributed by atoms with Crippen LogP contribution in [0.3, 0.4) is 0 Å². The Morgan fingerprint density at radius 2 is 2.25 bits per heavy atom. The SMILES string of the molecule is CCc1ncc(S(=O)(=O)N(C)C2CCC2)[nH]1. The molecule has 0 aliphatic heterocycles. The lowest BCUT2D eigenvalue weighted by Crippen LogP contribution is -2.41. The smallest absolute Gasteiger partial charge is 0.260 e. The number of rotatable bonds is 4. The summed E-state index contributed by atoms with van der Waals surface area (Å²) in [4.78, 5) is 6.87. The molecule has 6 heteroatoms. The zero-order valence-corrected chi connectivity index (χ0v) is 10.4. The molecule has 1 heterocycles. The Bertz CT molecular complexity index is 462. The van der Waals surface area contributed by atoms with Crippen LogP contribution in [0.4, 0.5) is 0 Å². The van der Waals surface area contributed by atoms with Gasteiger partial charge in [0, 0.05) is 19.5 Å². The van der Waals surface area contributed by atoms with Crippen molar-refractivity contribution in [1.82, 2.24) is 14.3 Å². The Hall–Kier alpha value is -0.880. The highest BCUT2D eigenvalue weighted by Gasteiger charge is 2.32. The number of nitrogens with zero attached hydrogens (tertiary/aromatic N) is 2. The number of aryl methyl sites for hydroxylation is 1. The van der Waals surface area contributed by atoms with Crippen LogP contribution in [0.5, 0.6) is 0 Å². The third kappa shape index (κ3) is 1.87. The van der Waals surface area contributed by atoms with Crippen molar-refractivity contribution in [2.45, 2.75) is 43.7 Å². The van der Waals surface area contributed by atoms with Gasteiger partial charge in [-0.2, -0.15) is 4.31 Å². The van der Waals surface area contributed by atoms with Crippen molar-refractivity contribution in [3.63, 3.8) is 0 Å². The van der Waals surface area contributed by atoms with Crippen LogP contribution in [0, 0.1) is 0 Å². The van der Waals surface area contributed by atoms with E-state index in [0.29, 0.717) is 12.2 Å². The summed E-state index contributed by atoms with van der Waals surface area (Å²) in [6, 6.07) is 0.165. The first-order chi connectivity index (χ1) is 7.55. The summed E-state index contributed by atoms with van der Waals surface area (Å²) in [6.07, 6.45) is 5.16. The molecule has 0 radical (unpaired) electrons. The normalized spacial score (nSPS) is 17.7. The van der Waals surface area contributed by atoms with E-state index >= 15 is 0 Å². The van der Waals surface area contributed by atoms with Crippen molar-refractivity contribution < 1.29 is 8.42 Å². The first-order valence-electron chi connectivity index (χ1n) is 5.57. The number of hydrogen-bond acceptors (Lipinski definition) is 3. The third-order valence-corrected chi connectivity index (χ3v) is 5.01. The Balaban J connectivity index is 2.23. The lowest BCUT2D eigenvalue weighted by atomic mass is 9.94. The molecule has 1 aliphatic rings. The number of hydrogen-bond donors (Lipinski definition) is 1. The van der Waals surface area contributed by atoms with Crippen LogP contribution < -0.4 is 0 Å². The molecule has 5 nitrogen and oxygen atoms in total. The van der Waals surface area contributed by atoms with Crippen molar-refractivity contribution in [2.75, 3.05) is 7.05 Å². The Kier molecular flexibility index (Phi) is 3.03. The van der Waals surface area contributed by atoms with E-state index in [-0.39, 0.29) is 11.1 Å². The largest absolute Gasteiger partial charge is 0.332 e. The van der Waals surface area contributed by atoms with Crippen LogP contribution in [0.2, 0.25) is 0 Å². The maximum Gasteiger partial charge on any atom is 0.260 e. The van der Waals surface area contributed by atoms with E-state index in [2.05, 4.69) is 9.97 Å². The van der Waals surface area contributed by atoms with Crippen LogP contribution in [0.1, 0.15) is 32.0 Å². The van der Waals surface area contributed by atoms with Gasteiger partial charge in [0.2, 0.25) is 0 Å². The summed E-state index contributed by atoms with van der Waals surface area (Å²) in [7, 11) is -1.73. The average Bonchev–Trinajstić information content (AvgIpc) is 2.63. The van der Waals surface area contributed by atoms with Crippen molar-refractivity contribution in [3.8, 4) is 0 Å². The second-order valence-corrected chi connectivity index (χ2v) is 6.12. The van der Waals surface area contributed by atoms with Crippen LogP contribution in [-0.4, -0.2) is 35.8 Å². The molecule has 1 aliphatic carbocycles. The Morgan fingerprint density at radius 1 is 1.56 bits per heavy atom. The van der Waals surface area contributed by atoms with E-state index in [1.165, 1.54) is 10.5 Å². The lowest BCUT2D eigenvalue weighted by molar-refractivity contribution is 0.249. The van der Waals surface area contributed by atoms with Crippen LogP contribution in [-0.2, 0) is 16.4 Å². The van der Waals surface area contributed by atoms with Crippen molar-refractivity contribution in [3.05, 3.63) is 12.0 Å². The van der Waals surface area contributed by atoms with Gasteiger partial charge in [-0.3, -0.25) is 0 Å². The van der Waals surface area contributed by atoms with Gasteiger partial charge in [-0.15, -0.1) is 0 Å². The molecular formula is C10H17N3O2S. The quantitative estimate of drug-likeness (QED) is 0.862. The topological polar surface area (TPSA) is 66.1 Å². The molecule has 0 saturated heterocycles. The summed E-state index contributed by atoms with van der Waals surface area (Å²) in [5.74, 6) is 0.709. The molecule has 0 amide bonds. The minimum Gasteiger partial charge on any atom is -0.332 e. The first kappa shape index (κ1) is 11.6. The molecule has 16 heavy (non-hydrogen) atoms. The van der Waals surface area contributed by atoms with Gasteiger partial charge in [0.25, 0.3) is 10.0 Å². The zero-order chi connectivity index (χ0) is 11.8. The molecule has 1 saturated carbocycles. The number of sulfonamides is 1. The minimum atomic E-state index is -3.37. The van der Waals surface area contributed by atoms with Crippen LogP contribution in [0.15, 0.2) is 11.2 Å². The Morgan fingerprint density at radius 3 is 2.69 bits per heavy atom. The molecule has 1 N–H and O–H groups in total. The van der Waals surface area contributed by atoms with Crippen molar-refractivity contribution in [2.24, 2.45) is 0 Å². The third-order valence-electron chi connectivity index (χ3n) is 3.19. The fourth-order valence-corrected chi connectivity index (χ4v) is 3.10. The fourth-order valence-electron chi connectivity index (χ4n) is 1.76. The summed E-state index contributed by atoms with van der Waals surface area (Å²) in [5.41, 5.74) is 0. The number of aromatic nitrogens is 2. The number of imidazole rings is 1. The summed E-state index contributed by atoms with van der Waals surface area (Å²) >= 11 is 0. The number of H-pyrrole nitrogens is 1. The average molecular weight is 243 g/mol. The van der Waals surface area contributed by atoms with Gasteiger partial charge in [-0.25, -0.2) is 13.4 Å². The van der Waals surface area contributed by atoms with Crippen LogP contribution >= 0.6 is 0 Å². The monoisotopic (exact) mass is 243 g/mol. The standard InChI is InChI=1S/C10H17N3O2S/c1-3-9-11-7-10(12-9)16(14,15)13(2)8-5-4-6-8/h7-8H,3-6H2,1-2H3,(H,11,12). The number of aromatic amines is 1. The maximum absolute atomic E-state index is 12.2. The van der Waals surface area contributed by atoms with Gasteiger partial charge in [0.15, 0.2) is 5.03 Å². The highest BCUT2D eigenvalue weighted by molar-refractivity contribution is 7.89. The van der Waals surface area contributed by atoms with Crippen molar-refractivity contribution in [1.29, 1.82) is 0 Å². The second kappa shape index (κ2) is 4.18. The van der Waals surface area contributed by atoms with Crippen LogP contribution in [0.25, 0.3) is 0 Å². The molecule has 1 aromatic rings. The van der Waals surface area contributed by atoms with E-state index in [1.807, 2.05) is 6.92 Å². The predicted molar refractivity (Wildman–Crippen MR) is 60.6 cm³/mol. The lowest BCUT2D eigenvalue weighted by Gasteiger charge is -2.33. The highest BCUT2D eigenvalue weighted by Crippen LogP contribution is 2.27. The van der Waals surface area contributed by atoms with Gasteiger partial charge < -0.3 is 4.98 Å². The molecule has 1 aromatic heterocycles. The van der Waals surface area contributed by atoms with Gasteiger partial charge in [0.1, 0.15) is 5.82 Å². The maximum atomic E-state index is 12.2. The van der Waals surface area contributed by atoms with Crippen molar-refractivity contribution >= 4 is 10.0 Å². The zero-order valence-electron chi connectivity index (χ0n) is 9.60.